The predicted molar refractivity (Wildman–Crippen MR) is 107 cm³/mol. The topological polar surface area (TPSA) is 62.0 Å². The molecule has 0 aliphatic carbocycles. The highest BCUT2D eigenvalue weighted by molar-refractivity contribution is 7.10. The van der Waals surface area contributed by atoms with Crippen LogP contribution in [0.15, 0.2) is 47.4 Å². The summed E-state index contributed by atoms with van der Waals surface area (Å²) in [5, 5.41) is 13.3. The highest BCUT2D eigenvalue weighted by Gasteiger charge is 2.46. The molecule has 5 nitrogen and oxygen atoms in total. The Labute approximate surface area is 167 Å². The molecule has 3 rings (SSSR count). The Hall–Kier alpha value is -2.15. The van der Waals surface area contributed by atoms with Crippen LogP contribution >= 0.6 is 22.9 Å². The first-order chi connectivity index (χ1) is 12.9. The second kappa shape index (κ2) is 8.25. The molecule has 1 amide bonds. The van der Waals surface area contributed by atoms with E-state index in [0.29, 0.717) is 17.1 Å². The molecule has 0 bridgehead atoms. The Bertz CT molecular complexity index is 860. The van der Waals surface area contributed by atoms with Crippen LogP contribution in [-0.4, -0.2) is 48.9 Å². The van der Waals surface area contributed by atoms with E-state index in [9.17, 15) is 14.7 Å². The fourth-order valence-corrected chi connectivity index (χ4v) is 4.19. The van der Waals surface area contributed by atoms with Gasteiger partial charge in [-0.15, -0.1) is 11.3 Å². The van der Waals surface area contributed by atoms with E-state index in [1.807, 2.05) is 31.6 Å². The Morgan fingerprint density at radius 2 is 1.93 bits per heavy atom. The average Bonchev–Trinajstić information content (AvgIpc) is 3.24. The number of amides is 1. The highest BCUT2D eigenvalue weighted by atomic mass is 35.5. The van der Waals surface area contributed by atoms with Gasteiger partial charge in [-0.2, -0.15) is 0 Å². The summed E-state index contributed by atoms with van der Waals surface area (Å²) in [5.41, 5.74) is 0.610. The minimum Gasteiger partial charge on any atom is -0.507 e. The fourth-order valence-electron chi connectivity index (χ4n) is 3.22. The summed E-state index contributed by atoms with van der Waals surface area (Å²) >= 11 is 7.39. The molecule has 0 saturated carbocycles. The van der Waals surface area contributed by atoms with Crippen LogP contribution in [-0.2, 0) is 9.59 Å². The van der Waals surface area contributed by atoms with E-state index >= 15 is 0 Å². The number of aliphatic hydroxyl groups excluding tert-OH is 1. The zero-order chi connectivity index (χ0) is 19.6. The number of quaternary nitrogens is 1. The SMILES string of the molecule is C[NH+](C)CCCN1C(=O)C(=O)C(=C(O)c2ccc(Cl)cc2)[C@@H]1c1cccs1. The van der Waals surface area contributed by atoms with E-state index in [1.165, 1.54) is 16.2 Å². The molecule has 1 aromatic carbocycles. The zero-order valence-electron chi connectivity index (χ0n) is 15.2. The molecule has 27 heavy (non-hydrogen) atoms. The number of nitrogens with zero attached hydrogens (tertiary/aromatic N) is 1. The number of benzene rings is 1. The van der Waals surface area contributed by atoms with E-state index in [0.717, 1.165) is 17.8 Å². The standard InChI is InChI=1S/C20H21ClN2O3S/c1-22(2)10-4-11-23-17(15-5-3-12-27-15)16(19(25)20(23)26)18(24)13-6-8-14(21)9-7-13/h3,5-9,12,17,24H,4,10-11H2,1-2H3/p+1/t17-/m0/s1. The monoisotopic (exact) mass is 405 g/mol. The molecular formula is C20H22ClN2O3S+. The summed E-state index contributed by atoms with van der Waals surface area (Å²) in [4.78, 5) is 29.2. The van der Waals surface area contributed by atoms with Crippen LogP contribution < -0.4 is 4.90 Å². The number of hydrogen-bond acceptors (Lipinski definition) is 4. The van der Waals surface area contributed by atoms with E-state index in [1.54, 1.807) is 29.2 Å². The number of halogens is 1. The van der Waals surface area contributed by atoms with Gasteiger partial charge < -0.3 is 14.9 Å². The van der Waals surface area contributed by atoms with Crippen LogP contribution in [0.1, 0.15) is 22.9 Å². The van der Waals surface area contributed by atoms with Crippen LogP contribution in [0, 0.1) is 0 Å². The van der Waals surface area contributed by atoms with Gasteiger partial charge in [-0.1, -0.05) is 17.7 Å². The summed E-state index contributed by atoms with van der Waals surface area (Å²) in [5.74, 6) is -1.36. The molecule has 1 saturated heterocycles. The maximum absolute atomic E-state index is 12.8. The number of ketones is 1. The number of rotatable bonds is 6. The molecule has 0 spiro atoms. The summed E-state index contributed by atoms with van der Waals surface area (Å²) < 4.78 is 0. The first-order valence-electron chi connectivity index (χ1n) is 8.77. The van der Waals surface area contributed by atoms with Gasteiger partial charge in [0.15, 0.2) is 0 Å². The normalized spacial score (nSPS) is 19.3. The zero-order valence-corrected chi connectivity index (χ0v) is 16.8. The van der Waals surface area contributed by atoms with E-state index in [-0.39, 0.29) is 11.3 Å². The van der Waals surface area contributed by atoms with Crippen LogP contribution in [0.3, 0.4) is 0 Å². The van der Waals surface area contributed by atoms with Crippen LogP contribution in [0.25, 0.3) is 5.76 Å². The summed E-state index contributed by atoms with van der Waals surface area (Å²) in [6.07, 6.45) is 0.776. The van der Waals surface area contributed by atoms with Crippen molar-refractivity contribution in [1.29, 1.82) is 0 Å². The number of Topliss-reactive ketones (excluding diaryl/α,β-unsaturated/α-hetero) is 1. The van der Waals surface area contributed by atoms with Gasteiger partial charge in [-0.3, -0.25) is 9.59 Å². The Morgan fingerprint density at radius 1 is 1.22 bits per heavy atom. The van der Waals surface area contributed by atoms with Crippen LogP contribution in [0.5, 0.6) is 0 Å². The fraction of sp³-hybridized carbons (Fsp3) is 0.300. The number of aliphatic hydroxyl groups is 1. The lowest BCUT2D eigenvalue weighted by Gasteiger charge is -2.24. The molecule has 0 radical (unpaired) electrons. The largest absolute Gasteiger partial charge is 0.507 e. The number of nitrogens with one attached hydrogen (secondary N) is 1. The van der Waals surface area contributed by atoms with Crippen molar-refractivity contribution in [3.05, 3.63) is 62.8 Å². The number of carbonyl (C=O) groups excluding carboxylic acids is 2. The molecule has 1 aliphatic heterocycles. The molecule has 1 aliphatic rings. The van der Waals surface area contributed by atoms with Crippen LogP contribution in [0.2, 0.25) is 5.02 Å². The van der Waals surface area contributed by atoms with E-state index in [2.05, 4.69) is 0 Å². The number of hydrogen-bond donors (Lipinski definition) is 2. The van der Waals surface area contributed by atoms with E-state index in [4.69, 9.17) is 11.6 Å². The van der Waals surface area contributed by atoms with Crippen molar-refractivity contribution in [3.63, 3.8) is 0 Å². The third kappa shape index (κ3) is 4.08. The Morgan fingerprint density at radius 3 is 2.52 bits per heavy atom. The Kier molecular flexibility index (Phi) is 5.99. The van der Waals surface area contributed by atoms with Gasteiger partial charge >= 0.3 is 0 Å². The second-order valence-corrected chi connectivity index (χ2v) is 8.24. The van der Waals surface area contributed by atoms with Gasteiger partial charge in [-0.05, 0) is 35.7 Å². The third-order valence-electron chi connectivity index (χ3n) is 4.55. The van der Waals surface area contributed by atoms with Gasteiger partial charge in [-0.25, -0.2) is 0 Å². The summed E-state index contributed by atoms with van der Waals surface area (Å²) in [7, 11) is 4.09. The van der Waals surface area contributed by atoms with E-state index < -0.39 is 17.7 Å². The quantitative estimate of drug-likeness (QED) is 0.440. The summed E-state index contributed by atoms with van der Waals surface area (Å²) in [6.45, 7) is 1.35. The van der Waals surface area contributed by atoms with Crippen molar-refractivity contribution in [3.8, 4) is 0 Å². The maximum atomic E-state index is 12.8. The predicted octanol–water partition coefficient (Wildman–Crippen LogP) is 2.36. The molecule has 1 fully saturated rings. The van der Waals surface area contributed by atoms with Crippen molar-refractivity contribution in [2.45, 2.75) is 12.5 Å². The van der Waals surface area contributed by atoms with Crippen LogP contribution in [0.4, 0.5) is 0 Å². The molecule has 2 heterocycles. The molecule has 142 valence electrons. The number of carbonyl (C=O) groups is 2. The average molecular weight is 406 g/mol. The maximum Gasteiger partial charge on any atom is 0.295 e. The molecule has 0 unspecified atom stereocenters. The van der Waals surface area contributed by atoms with Crippen molar-refractivity contribution >= 4 is 40.4 Å². The highest BCUT2D eigenvalue weighted by Crippen LogP contribution is 2.41. The van der Waals surface area contributed by atoms with Gasteiger partial charge in [0.1, 0.15) is 5.76 Å². The summed E-state index contributed by atoms with van der Waals surface area (Å²) in [6, 6.07) is 9.79. The molecular weight excluding hydrogens is 384 g/mol. The van der Waals surface area contributed by atoms with Gasteiger partial charge in [0.05, 0.1) is 32.3 Å². The molecule has 1 aromatic heterocycles. The third-order valence-corrected chi connectivity index (χ3v) is 5.72. The lowest BCUT2D eigenvalue weighted by Crippen LogP contribution is -3.05. The van der Waals surface area contributed by atoms with Gasteiger partial charge in [0.2, 0.25) is 0 Å². The second-order valence-electron chi connectivity index (χ2n) is 6.83. The minimum absolute atomic E-state index is 0.141. The Balaban J connectivity index is 2.03. The lowest BCUT2D eigenvalue weighted by atomic mass is 10.00. The number of likely N-dealkylation sites (tertiary alicyclic amines) is 1. The van der Waals surface area contributed by atoms with Crippen molar-refractivity contribution in [2.75, 3.05) is 27.2 Å². The first-order valence-corrected chi connectivity index (χ1v) is 10.0. The lowest BCUT2D eigenvalue weighted by molar-refractivity contribution is -0.858. The molecule has 7 heteroatoms. The van der Waals surface area contributed by atoms with Gasteiger partial charge in [0.25, 0.3) is 11.7 Å². The van der Waals surface area contributed by atoms with Crippen molar-refractivity contribution in [1.82, 2.24) is 4.90 Å². The first kappa shape index (κ1) is 19.6. The molecule has 2 aromatic rings. The minimum atomic E-state index is -0.641. The molecule has 2 N–H and O–H groups in total. The number of thiophene rings is 1. The van der Waals surface area contributed by atoms with Crippen molar-refractivity contribution < 1.29 is 19.6 Å². The molecule has 1 atom stereocenters. The smallest absolute Gasteiger partial charge is 0.295 e. The van der Waals surface area contributed by atoms with Crippen molar-refractivity contribution in [2.24, 2.45) is 0 Å². The van der Waals surface area contributed by atoms with Gasteiger partial charge in [0, 0.05) is 28.4 Å².